The Bertz CT molecular complexity index is 861. The summed E-state index contributed by atoms with van der Waals surface area (Å²) in [6.07, 6.45) is 2.04. The summed E-state index contributed by atoms with van der Waals surface area (Å²) in [5.41, 5.74) is 1.18. The van der Waals surface area contributed by atoms with Crippen molar-refractivity contribution < 1.29 is 23.8 Å². The van der Waals surface area contributed by atoms with Crippen LogP contribution in [0, 0.1) is 11.7 Å². The minimum atomic E-state index is -0.913. The lowest BCUT2D eigenvalue weighted by Crippen LogP contribution is -2.46. The summed E-state index contributed by atoms with van der Waals surface area (Å²) in [5.74, 6) is -1.10. The SMILES string of the molecule is CCC(Oc1ccccc1F)C(=O)N1CCC(Cc2ccccc2C(=O)O)CC1. The van der Waals surface area contributed by atoms with E-state index in [2.05, 4.69) is 0 Å². The van der Waals surface area contributed by atoms with Crippen LogP contribution in [0.4, 0.5) is 4.39 Å². The van der Waals surface area contributed by atoms with E-state index in [4.69, 9.17) is 4.74 Å². The van der Waals surface area contributed by atoms with Gasteiger partial charge in [-0.25, -0.2) is 9.18 Å². The Morgan fingerprint density at radius 3 is 2.45 bits per heavy atom. The zero-order chi connectivity index (χ0) is 20.8. The predicted octanol–water partition coefficient (Wildman–Crippen LogP) is 4.16. The number of hydrogen-bond donors (Lipinski definition) is 1. The molecule has 3 rings (SSSR count). The van der Waals surface area contributed by atoms with Gasteiger partial charge in [-0.2, -0.15) is 0 Å². The van der Waals surface area contributed by atoms with E-state index in [-0.39, 0.29) is 11.7 Å². The highest BCUT2D eigenvalue weighted by Gasteiger charge is 2.29. The number of aromatic carboxylic acids is 1. The maximum absolute atomic E-state index is 13.8. The number of carboxylic acid groups (broad SMARTS) is 1. The Hall–Kier alpha value is -2.89. The van der Waals surface area contributed by atoms with Crippen LogP contribution in [0.5, 0.6) is 5.75 Å². The van der Waals surface area contributed by atoms with Crippen molar-refractivity contribution in [3.63, 3.8) is 0 Å². The minimum absolute atomic E-state index is 0.0906. The fourth-order valence-electron chi connectivity index (χ4n) is 3.78. The quantitative estimate of drug-likeness (QED) is 0.759. The van der Waals surface area contributed by atoms with E-state index >= 15 is 0 Å². The average Bonchev–Trinajstić information content (AvgIpc) is 2.73. The Balaban J connectivity index is 1.57. The van der Waals surface area contributed by atoms with Crippen LogP contribution < -0.4 is 4.74 Å². The molecule has 2 aromatic rings. The molecule has 1 amide bonds. The van der Waals surface area contributed by atoms with Crippen molar-refractivity contribution in [1.29, 1.82) is 0 Å². The zero-order valence-corrected chi connectivity index (χ0v) is 16.5. The molecule has 0 spiro atoms. The van der Waals surface area contributed by atoms with Gasteiger partial charge in [0.05, 0.1) is 5.56 Å². The lowest BCUT2D eigenvalue weighted by Gasteiger charge is -2.34. The first kappa shape index (κ1) is 20.8. The number of carbonyl (C=O) groups excluding carboxylic acids is 1. The molecule has 2 aromatic carbocycles. The molecule has 1 unspecified atom stereocenters. The van der Waals surface area contributed by atoms with Crippen LogP contribution in [0.15, 0.2) is 48.5 Å². The summed E-state index contributed by atoms with van der Waals surface area (Å²) < 4.78 is 19.5. The van der Waals surface area contributed by atoms with Gasteiger partial charge < -0.3 is 14.7 Å². The molecule has 154 valence electrons. The third-order valence-electron chi connectivity index (χ3n) is 5.43. The van der Waals surface area contributed by atoms with Crippen molar-refractivity contribution in [1.82, 2.24) is 4.90 Å². The van der Waals surface area contributed by atoms with Gasteiger partial charge in [-0.05, 0) is 55.4 Å². The van der Waals surface area contributed by atoms with E-state index in [0.717, 1.165) is 18.4 Å². The summed E-state index contributed by atoms with van der Waals surface area (Å²) in [7, 11) is 0. The number of rotatable bonds is 7. The van der Waals surface area contributed by atoms with E-state index in [1.165, 1.54) is 12.1 Å². The van der Waals surface area contributed by atoms with Crippen LogP contribution in [-0.4, -0.2) is 41.1 Å². The molecule has 1 aliphatic heterocycles. The summed E-state index contributed by atoms with van der Waals surface area (Å²) in [6, 6.07) is 13.2. The van der Waals surface area contributed by atoms with E-state index < -0.39 is 17.9 Å². The number of ether oxygens (including phenoxy) is 1. The summed E-state index contributed by atoms with van der Waals surface area (Å²) >= 11 is 0. The molecule has 0 aliphatic carbocycles. The van der Waals surface area contributed by atoms with Gasteiger partial charge >= 0.3 is 5.97 Å². The number of carbonyl (C=O) groups is 2. The van der Waals surface area contributed by atoms with Crippen LogP contribution in [0.25, 0.3) is 0 Å². The molecule has 5 nitrogen and oxygen atoms in total. The van der Waals surface area contributed by atoms with Crippen LogP contribution in [0.3, 0.4) is 0 Å². The lowest BCUT2D eigenvalue weighted by atomic mass is 9.88. The zero-order valence-electron chi connectivity index (χ0n) is 16.5. The predicted molar refractivity (Wildman–Crippen MR) is 108 cm³/mol. The lowest BCUT2D eigenvalue weighted by molar-refractivity contribution is -0.140. The van der Waals surface area contributed by atoms with Crippen LogP contribution in [0.1, 0.15) is 42.1 Å². The second kappa shape index (κ2) is 9.54. The van der Waals surface area contributed by atoms with Gasteiger partial charge in [0.2, 0.25) is 0 Å². The van der Waals surface area contributed by atoms with Gasteiger partial charge in [-0.15, -0.1) is 0 Å². The van der Waals surface area contributed by atoms with E-state index in [1.807, 2.05) is 19.1 Å². The molecule has 1 N–H and O–H groups in total. The standard InChI is InChI=1S/C23H26FNO4/c1-2-20(29-21-10-6-5-9-19(21)24)22(26)25-13-11-16(12-14-25)15-17-7-3-4-8-18(17)23(27)28/h3-10,16,20H,2,11-15H2,1H3,(H,27,28). The summed E-state index contributed by atoms with van der Waals surface area (Å²) in [4.78, 5) is 26.0. The van der Waals surface area contributed by atoms with Gasteiger partial charge in [0, 0.05) is 13.1 Å². The van der Waals surface area contributed by atoms with Crippen molar-refractivity contribution in [2.45, 2.75) is 38.7 Å². The van der Waals surface area contributed by atoms with Crippen molar-refractivity contribution in [2.75, 3.05) is 13.1 Å². The summed E-state index contributed by atoms with van der Waals surface area (Å²) in [6.45, 7) is 3.03. The number of benzene rings is 2. The monoisotopic (exact) mass is 399 g/mol. The molecule has 0 bridgehead atoms. The summed E-state index contributed by atoms with van der Waals surface area (Å²) in [5, 5.41) is 9.35. The fourth-order valence-corrected chi connectivity index (χ4v) is 3.78. The van der Waals surface area contributed by atoms with Gasteiger partial charge in [-0.1, -0.05) is 37.3 Å². The maximum atomic E-state index is 13.8. The number of hydrogen-bond acceptors (Lipinski definition) is 3. The number of piperidine rings is 1. The van der Waals surface area contributed by atoms with Crippen molar-refractivity contribution in [3.8, 4) is 5.75 Å². The second-order valence-electron chi connectivity index (χ2n) is 7.38. The largest absolute Gasteiger partial charge is 0.478 e. The molecule has 0 saturated carbocycles. The van der Waals surface area contributed by atoms with E-state index in [9.17, 15) is 19.1 Å². The topological polar surface area (TPSA) is 66.8 Å². The number of likely N-dealkylation sites (tertiary alicyclic amines) is 1. The second-order valence-corrected chi connectivity index (χ2v) is 7.38. The molecule has 0 aromatic heterocycles. The Morgan fingerprint density at radius 2 is 1.79 bits per heavy atom. The molecule has 1 saturated heterocycles. The van der Waals surface area contributed by atoms with Crippen molar-refractivity contribution in [2.24, 2.45) is 5.92 Å². The van der Waals surface area contributed by atoms with Crippen LogP contribution in [0.2, 0.25) is 0 Å². The third-order valence-corrected chi connectivity index (χ3v) is 5.43. The molecule has 1 aliphatic rings. The number of amides is 1. The first-order valence-corrected chi connectivity index (χ1v) is 10.0. The van der Waals surface area contributed by atoms with Gasteiger partial charge in [0.25, 0.3) is 5.91 Å². The Kier molecular flexibility index (Phi) is 6.86. The van der Waals surface area contributed by atoms with Crippen LogP contribution in [-0.2, 0) is 11.2 Å². The fraction of sp³-hybridized carbons (Fsp3) is 0.391. The Morgan fingerprint density at radius 1 is 1.14 bits per heavy atom. The highest BCUT2D eigenvalue weighted by atomic mass is 19.1. The molecule has 1 heterocycles. The third kappa shape index (κ3) is 5.13. The molecule has 1 atom stereocenters. The smallest absolute Gasteiger partial charge is 0.335 e. The maximum Gasteiger partial charge on any atom is 0.335 e. The minimum Gasteiger partial charge on any atom is -0.478 e. The van der Waals surface area contributed by atoms with E-state index in [1.54, 1.807) is 29.2 Å². The van der Waals surface area contributed by atoms with Crippen molar-refractivity contribution in [3.05, 3.63) is 65.5 Å². The number of halogens is 1. The van der Waals surface area contributed by atoms with E-state index in [0.29, 0.717) is 37.4 Å². The molecule has 6 heteroatoms. The van der Waals surface area contributed by atoms with Gasteiger partial charge in [0.15, 0.2) is 17.7 Å². The molecular weight excluding hydrogens is 373 g/mol. The van der Waals surface area contributed by atoms with Gasteiger partial charge in [-0.3, -0.25) is 4.79 Å². The normalized spacial score (nSPS) is 15.7. The Labute approximate surface area is 170 Å². The molecule has 1 fully saturated rings. The average molecular weight is 399 g/mol. The highest BCUT2D eigenvalue weighted by molar-refractivity contribution is 5.89. The van der Waals surface area contributed by atoms with Crippen LogP contribution >= 0.6 is 0 Å². The highest BCUT2D eigenvalue weighted by Crippen LogP contribution is 2.25. The van der Waals surface area contributed by atoms with Crippen molar-refractivity contribution >= 4 is 11.9 Å². The first-order chi connectivity index (χ1) is 14.0. The van der Waals surface area contributed by atoms with Gasteiger partial charge in [0.1, 0.15) is 0 Å². The molecule has 29 heavy (non-hydrogen) atoms. The number of nitrogens with zero attached hydrogens (tertiary/aromatic N) is 1. The molecular formula is C23H26FNO4. The molecule has 0 radical (unpaired) electrons. The number of para-hydroxylation sites is 1. The first-order valence-electron chi connectivity index (χ1n) is 10.0. The number of carboxylic acids is 1.